The minimum Gasteiger partial charge on any atom is -0.481 e. The number of carboxylic acid groups (broad SMARTS) is 1. The van der Waals surface area contributed by atoms with Crippen LogP contribution in [0.1, 0.15) is 20.8 Å². The summed E-state index contributed by atoms with van der Waals surface area (Å²) in [5.41, 5.74) is 0. The van der Waals surface area contributed by atoms with Gasteiger partial charge in [-0.3, -0.25) is 4.79 Å². The molecule has 58 valence electrons. The van der Waals surface area contributed by atoms with Crippen LogP contribution in [0.15, 0.2) is 12.2 Å². The van der Waals surface area contributed by atoms with Gasteiger partial charge in [0.05, 0.1) is 5.92 Å². The third kappa shape index (κ3) is 2.67. The standard InChI is InChI=1S/C8H14O2/c1-4-5-7(6(2)3)8(9)10/h4-7H,1-3H3,(H,9,10)/b5-4+. The second-order valence-corrected chi connectivity index (χ2v) is 2.63. The van der Waals surface area contributed by atoms with E-state index in [4.69, 9.17) is 5.11 Å². The second kappa shape index (κ2) is 4.09. The summed E-state index contributed by atoms with van der Waals surface area (Å²) in [6.07, 6.45) is 3.49. The van der Waals surface area contributed by atoms with Crippen LogP contribution in [0.3, 0.4) is 0 Å². The Morgan fingerprint density at radius 2 is 2.00 bits per heavy atom. The third-order valence-electron chi connectivity index (χ3n) is 1.40. The Balaban J connectivity index is 4.12. The first-order chi connectivity index (χ1) is 4.59. The summed E-state index contributed by atoms with van der Waals surface area (Å²) < 4.78 is 0. The summed E-state index contributed by atoms with van der Waals surface area (Å²) >= 11 is 0. The Bertz CT molecular complexity index is 136. The van der Waals surface area contributed by atoms with Gasteiger partial charge >= 0.3 is 5.97 Å². The van der Waals surface area contributed by atoms with Gasteiger partial charge in [0.15, 0.2) is 0 Å². The molecule has 0 aliphatic carbocycles. The van der Waals surface area contributed by atoms with Crippen molar-refractivity contribution in [3.05, 3.63) is 12.2 Å². The zero-order valence-corrected chi connectivity index (χ0v) is 6.66. The smallest absolute Gasteiger partial charge is 0.310 e. The van der Waals surface area contributed by atoms with E-state index in [0.717, 1.165) is 0 Å². The van der Waals surface area contributed by atoms with Crippen molar-refractivity contribution in [3.63, 3.8) is 0 Å². The molecule has 0 amide bonds. The van der Waals surface area contributed by atoms with Gasteiger partial charge in [0.2, 0.25) is 0 Å². The van der Waals surface area contributed by atoms with Gasteiger partial charge in [-0.1, -0.05) is 26.0 Å². The second-order valence-electron chi connectivity index (χ2n) is 2.63. The van der Waals surface area contributed by atoms with Crippen molar-refractivity contribution in [2.75, 3.05) is 0 Å². The largest absolute Gasteiger partial charge is 0.481 e. The van der Waals surface area contributed by atoms with Crippen LogP contribution in [0.5, 0.6) is 0 Å². The molecule has 0 aromatic heterocycles. The molecular formula is C8H14O2. The van der Waals surface area contributed by atoms with Gasteiger partial charge in [-0.2, -0.15) is 0 Å². The molecule has 0 spiro atoms. The number of hydrogen-bond acceptors (Lipinski definition) is 1. The SMILES string of the molecule is C/C=C/C(C(=O)O)C(C)C. The zero-order chi connectivity index (χ0) is 8.15. The van der Waals surface area contributed by atoms with E-state index in [2.05, 4.69) is 0 Å². The first-order valence-corrected chi connectivity index (χ1v) is 3.45. The number of carboxylic acids is 1. The van der Waals surface area contributed by atoms with E-state index in [1.165, 1.54) is 0 Å². The number of aliphatic carboxylic acids is 1. The highest BCUT2D eigenvalue weighted by Crippen LogP contribution is 2.11. The Kier molecular flexibility index (Phi) is 3.77. The van der Waals surface area contributed by atoms with Gasteiger partial charge < -0.3 is 5.11 Å². The molecule has 10 heavy (non-hydrogen) atoms. The Morgan fingerprint density at radius 1 is 1.50 bits per heavy atom. The molecule has 0 aliphatic rings. The Morgan fingerprint density at radius 3 is 2.10 bits per heavy atom. The van der Waals surface area contributed by atoms with Crippen molar-refractivity contribution in [1.29, 1.82) is 0 Å². The average Bonchev–Trinajstić information content (AvgIpc) is 1.81. The van der Waals surface area contributed by atoms with Gasteiger partial charge in [-0.25, -0.2) is 0 Å². The number of allylic oxidation sites excluding steroid dienone is 1. The van der Waals surface area contributed by atoms with Gasteiger partial charge in [0, 0.05) is 0 Å². The molecule has 0 aromatic rings. The molecule has 1 atom stereocenters. The van der Waals surface area contributed by atoms with E-state index in [1.807, 2.05) is 20.8 Å². The van der Waals surface area contributed by atoms with Crippen molar-refractivity contribution in [2.24, 2.45) is 11.8 Å². The average molecular weight is 142 g/mol. The summed E-state index contributed by atoms with van der Waals surface area (Å²) in [6, 6.07) is 0. The van der Waals surface area contributed by atoms with Crippen molar-refractivity contribution < 1.29 is 9.90 Å². The van der Waals surface area contributed by atoms with Crippen LogP contribution in [-0.4, -0.2) is 11.1 Å². The molecule has 0 saturated heterocycles. The summed E-state index contributed by atoms with van der Waals surface area (Å²) in [6.45, 7) is 5.63. The van der Waals surface area contributed by atoms with E-state index in [-0.39, 0.29) is 11.8 Å². The number of carbonyl (C=O) groups is 1. The number of hydrogen-bond donors (Lipinski definition) is 1. The molecule has 0 radical (unpaired) electrons. The van der Waals surface area contributed by atoms with Crippen LogP contribution >= 0.6 is 0 Å². The fourth-order valence-electron chi connectivity index (χ4n) is 0.797. The fourth-order valence-corrected chi connectivity index (χ4v) is 0.797. The van der Waals surface area contributed by atoms with E-state index in [9.17, 15) is 4.79 Å². The molecule has 0 rings (SSSR count). The quantitative estimate of drug-likeness (QED) is 0.611. The van der Waals surface area contributed by atoms with Crippen LogP contribution in [0.25, 0.3) is 0 Å². The molecule has 1 N–H and O–H groups in total. The lowest BCUT2D eigenvalue weighted by Gasteiger charge is -2.10. The lowest BCUT2D eigenvalue weighted by molar-refractivity contribution is -0.141. The number of rotatable bonds is 3. The minimum atomic E-state index is -0.742. The zero-order valence-electron chi connectivity index (χ0n) is 6.66. The minimum absolute atomic E-state index is 0.175. The highest BCUT2D eigenvalue weighted by atomic mass is 16.4. The van der Waals surface area contributed by atoms with Crippen molar-refractivity contribution in [2.45, 2.75) is 20.8 Å². The summed E-state index contributed by atoms with van der Waals surface area (Å²) in [7, 11) is 0. The monoisotopic (exact) mass is 142 g/mol. The summed E-state index contributed by atoms with van der Waals surface area (Å²) in [5.74, 6) is -0.896. The maximum Gasteiger partial charge on any atom is 0.310 e. The van der Waals surface area contributed by atoms with E-state index < -0.39 is 5.97 Å². The molecule has 0 bridgehead atoms. The van der Waals surface area contributed by atoms with Crippen molar-refractivity contribution >= 4 is 5.97 Å². The molecular weight excluding hydrogens is 128 g/mol. The summed E-state index contributed by atoms with van der Waals surface area (Å²) in [4.78, 5) is 10.5. The maximum absolute atomic E-state index is 10.5. The van der Waals surface area contributed by atoms with E-state index in [0.29, 0.717) is 0 Å². The van der Waals surface area contributed by atoms with Crippen LogP contribution in [0, 0.1) is 11.8 Å². The molecule has 0 aromatic carbocycles. The lowest BCUT2D eigenvalue weighted by Crippen LogP contribution is -2.16. The molecule has 0 aliphatic heterocycles. The van der Waals surface area contributed by atoms with E-state index in [1.54, 1.807) is 12.2 Å². The van der Waals surface area contributed by atoms with E-state index >= 15 is 0 Å². The Hall–Kier alpha value is -0.790. The first-order valence-electron chi connectivity index (χ1n) is 3.45. The summed E-state index contributed by atoms with van der Waals surface area (Å²) in [5, 5.41) is 8.62. The molecule has 0 saturated carbocycles. The van der Waals surface area contributed by atoms with Crippen LogP contribution < -0.4 is 0 Å². The lowest BCUT2D eigenvalue weighted by atomic mass is 9.96. The van der Waals surface area contributed by atoms with Crippen LogP contribution in [0.4, 0.5) is 0 Å². The van der Waals surface area contributed by atoms with Crippen molar-refractivity contribution in [3.8, 4) is 0 Å². The molecule has 2 heteroatoms. The molecule has 0 fully saturated rings. The molecule has 1 unspecified atom stereocenters. The maximum atomic E-state index is 10.5. The van der Waals surface area contributed by atoms with Crippen LogP contribution in [-0.2, 0) is 4.79 Å². The molecule has 2 nitrogen and oxygen atoms in total. The van der Waals surface area contributed by atoms with Gasteiger partial charge in [0.1, 0.15) is 0 Å². The highest BCUT2D eigenvalue weighted by Gasteiger charge is 2.16. The third-order valence-corrected chi connectivity index (χ3v) is 1.40. The van der Waals surface area contributed by atoms with Crippen LogP contribution in [0.2, 0.25) is 0 Å². The van der Waals surface area contributed by atoms with Gasteiger partial charge in [0.25, 0.3) is 0 Å². The fraction of sp³-hybridized carbons (Fsp3) is 0.625. The topological polar surface area (TPSA) is 37.3 Å². The highest BCUT2D eigenvalue weighted by molar-refractivity contribution is 5.72. The first kappa shape index (κ1) is 9.21. The van der Waals surface area contributed by atoms with Gasteiger partial charge in [-0.15, -0.1) is 0 Å². The predicted molar refractivity (Wildman–Crippen MR) is 40.8 cm³/mol. The Labute approximate surface area is 61.6 Å². The molecule has 0 heterocycles. The van der Waals surface area contributed by atoms with Gasteiger partial charge in [-0.05, 0) is 12.8 Å². The normalized spacial score (nSPS) is 14.4. The predicted octanol–water partition coefficient (Wildman–Crippen LogP) is 1.92. The van der Waals surface area contributed by atoms with Crippen molar-refractivity contribution in [1.82, 2.24) is 0 Å².